The van der Waals surface area contributed by atoms with Gasteiger partial charge in [0.25, 0.3) is 5.56 Å². The number of aromatic nitrogens is 6. The van der Waals surface area contributed by atoms with Crippen molar-refractivity contribution in [2.75, 3.05) is 11.1 Å². The third-order valence-corrected chi connectivity index (χ3v) is 5.86. The third-order valence-electron chi connectivity index (χ3n) is 4.93. The number of thioether (sulfide) groups is 1. The number of para-hydroxylation sites is 2. The van der Waals surface area contributed by atoms with Crippen LogP contribution in [0.1, 0.15) is 11.4 Å². The van der Waals surface area contributed by atoms with E-state index in [2.05, 4.69) is 25.3 Å². The van der Waals surface area contributed by atoms with Crippen LogP contribution in [0.2, 0.25) is 0 Å². The lowest BCUT2D eigenvalue weighted by Crippen LogP contribution is -2.22. The standard InChI is InChI=1S/C24H20N8OS/c1-15-11-12-20(26-13-15)32-21(33)17-9-5-6-10-18(17)28-24(32)34-14-19-29-22(25)31-23(30-19)27-16-7-3-2-4-8-16/h2-13H,14H2,1H3,(H3,25,27,29,30,31). The number of nitrogens with one attached hydrogen (secondary N) is 1. The van der Waals surface area contributed by atoms with Crippen LogP contribution < -0.4 is 16.6 Å². The molecule has 2 aromatic carbocycles. The van der Waals surface area contributed by atoms with E-state index in [4.69, 9.17) is 10.7 Å². The van der Waals surface area contributed by atoms with Gasteiger partial charge in [-0.3, -0.25) is 4.79 Å². The Balaban J connectivity index is 1.50. The number of aryl methyl sites for hydroxylation is 1. The minimum Gasteiger partial charge on any atom is -0.368 e. The van der Waals surface area contributed by atoms with E-state index in [1.807, 2.05) is 61.5 Å². The number of nitrogens with two attached hydrogens (primary N) is 1. The first-order chi connectivity index (χ1) is 16.6. The Morgan fingerprint density at radius 3 is 2.53 bits per heavy atom. The predicted molar refractivity (Wildman–Crippen MR) is 133 cm³/mol. The van der Waals surface area contributed by atoms with E-state index >= 15 is 0 Å². The first kappa shape index (κ1) is 21.5. The van der Waals surface area contributed by atoms with Crippen LogP contribution in [-0.2, 0) is 5.75 Å². The molecule has 0 unspecified atom stereocenters. The summed E-state index contributed by atoms with van der Waals surface area (Å²) in [6.45, 7) is 1.94. The Labute approximate surface area is 199 Å². The third kappa shape index (κ3) is 4.57. The smallest absolute Gasteiger partial charge is 0.267 e. The van der Waals surface area contributed by atoms with Crippen molar-refractivity contribution in [3.8, 4) is 5.82 Å². The molecule has 5 rings (SSSR count). The molecule has 34 heavy (non-hydrogen) atoms. The fourth-order valence-electron chi connectivity index (χ4n) is 3.34. The summed E-state index contributed by atoms with van der Waals surface area (Å²) < 4.78 is 1.51. The second-order valence-corrected chi connectivity index (χ2v) is 8.40. The second-order valence-electron chi connectivity index (χ2n) is 7.46. The number of anilines is 3. The molecule has 3 aromatic heterocycles. The normalized spacial score (nSPS) is 11.0. The molecule has 168 valence electrons. The minimum absolute atomic E-state index is 0.105. The topological polar surface area (TPSA) is 125 Å². The summed E-state index contributed by atoms with van der Waals surface area (Å²) in [6.07, 6.45) is 1.72. The quantitative estimate of drug-likeness (QED) is 0.282. The van der Waals surface area contributed by atoms with Crippen molar-refractivity contribution in [3.63, 3.8) is 0 Å². The maximum Gasteiger partial charge on any atom is 0.267 e. The van der Waals surface area contributed by atoms with Gasteiger partial charge in [0.2, 0.25) is 11.9 Å². The summed E-state index contributed by atoms with van der Waals surface area (Å²) in [4.78, 5) is 35.4. The molecule has 0 aliphatic heterocycles. The van der Waals surface area contributed by atoms with Gasteiger partial charge in [-0.05, 0) is 42.8 Å². The van der Waals surface area contributed by atoms with Crippen molar-refractivity contribution in [1.82, 2.24) is 29.5 Å². The highest BCUT2D eigenvalue weighted by Gasteiger charge is 2.15. The lowest BCUT2D eigenvalue weighted by atomic mass is 10.2. The number of pyridine rings is 1. The summed E-state index contributed by atoms with van der Waals surface area (Å²) >= 11 is 1.33. The molecule has 10 heteroatoms. The van der Waals surface area contributed by atoms with Gasteiger partial charge in [-0.1, -0.05) is 48.2 Å². The highest BCUT2D eigenvalue weighted by atomic mass is 32.2. The summed E-state index contributed by atoms with van der Waals surface area (Å²) in [5.74, 6) is 1.73. The van der Waals surface area contributed by atoms with Crippen LogP contribution in [-0.4, -0.2) is 29.5 Å². The number of rotatable bonds is 6. The molecule has 0 bridgehead atoms. The van der Waals surface area contributed by atoms with E-state index in [-0.39, 0.29) is 11.5 Å². The molecule has 3 heterocycles. The molecule has 0 aliphatic rings. The van der Waals surface area contributed by atoms with Crippen LogP contribution in [0.5, 0.6) is 0 Å². The summed E-state index contributed by atoms with van der Waals surface area (Å²) in [5, 5.41) is 4.13. The molecule has 3 N–H and O–H groups in total. The molecule has 0 spiro atoms. The van der Waals surface area contributed by atoms with E-state index < -0.39 is 0 Å². The second kappa shape index (κ2) is 9.28. The number of benzene rings is 2. The summed E-state index contributed by atoms with van der Waals surface area (Å²) in [5.41, 5.74) is 8.18. The SMILES string of the molecule is Cc1ccc(-n2c(SCc3nc(N)nc(Nc4ccccc4)n3)nc3ccccc3c2=O)nc1. The zero-order valence-electron chi connectivity index (χ0n) is 18.2. The average molecular weight is 469 g/mol. The summed E-state index contributed by atoms with van der Waals surface area (Å²) in [6, 6.07) is 20.5. The molecule has 0 radical (unpaired) electrons. The van der Waals surface area contributed by atoms with Gasteiger partial charge in [0.1, 0.15) is 11.6 Å². The number of nitrogen functional groups attached to an aromatic ring is 1. The fourth-order valence-corrected chi connectivity index (χ4v) is 4.20. The Morgan fingerprint density at radius 1 is 0.941 bits per heavy atom. The lowest BCUT2D eigenvalue weighted by molar-refractivity contribution is 0.793. The van der Waals surface area contributed by atoms with Gasteiger partial charge in [-0.15, -0.1) is 0 Å². The van der Waals surface area contributed by atoms with Gasteiger partial charge in [-0.2, -0.15) is 15.0 Å². The van der Waals surface area contributed by atoms with Crippen molar-refractivity contribution in [2.45, 2.75) is 17.8 Å². The summed E-state index contributed by atoms with van der Waals surface area (Å²) in [7, 11) is 0. The first-order valence-electron chi connectivity index (χ1n) is 10.5. The number of nitrogens with zero attached hydrogens (tertiary/aromatic N) is 6. The number of hydrogen-bond acceptors (Lipinski definition) is 9. The van der Waals surface area contributed by atoms with Crippen molar-refractivity contribution < 1.29 is 0 Å². The van der Waals surface area contributed by atoms with E-state index in [1.165, 1.54) is 16.3 Å². The van der Waals surface area contributed by atoms with Crippen LogP contribution in [0.3, 0.4) is 0 Å². The molecule has 9 nitrogen and oxygen atoms in total. The van der Waals surface area contributed by atoms with Crippen molar-refractivity contribution in [1.29, 1.82) is 0 Å². The van der Waals surface area contributed by atoms with Crippen LogP contribution in [0.25, 0.3) is 16.7 Å². The van der Waals surface area contributed by atoms with Gasteiger partial charge in [0.05, 0.1) is 16.7 Å². The Kier molecular flexibility index (Phi) is 5.88. The van der Waals surface area contributed by atoms with Crippen LogP contribution in [0.4, 0.5) is 17.6 Å². The molecule has 5 aromatic rings. The van der Waals surface area contributed by atoms with E-state index in [0.29, 0.717) is 39.4 Å². The molecular weight excluding hydrogens is 448 g/mol. The molecule has 0 amide bonds. The fraction of sp³-hybridized carbons (Fsp3) is 0.0833. The van der Waals surface area contributed by atoms with E-state index in [9.17, 15) is 4.79 Å². The van der Waals surface area contributed by atoms with Crippen LogP contribution in [0, 0.1) is 6.92 Å². The van der Waals surface area contributed by atoms with E-state index in [1.54, 1.807) is 18.3 Å². The van der Waals surface area contributed by atoms with Crippen molar-refractivity contribution in [2.24, 2.45) is 0 Å². The van der Waals surface area contributed by atoms with Crippen LogP contribution in [0.15, 0.2) is 82.9 Å². The average Bonchev–Trinajstić information content (AvgIpc) is 2.84. The zero-order valence-corrected chi connectivity index (χ0v) is 19.0. The molecule has 0 fully saturated rings. The molecule has 0 saturated heterocycles. The van der Waals surface area contributed by atoms with Gasteiger partial charge in [0, 0.05) is 11.9 Å². The Morgan fingerprint density at radius 2 is 1.74 bits per heavy atom. The van der Waals surface area contributed by atoms with E-state index in [0.717, 1.165) is 11.3 Å². The Hall–Kier alpha value is -4.31. The maximum atomic E-state index is 13.4. The van der Waals surface area contributed by atoms with Gasteiger partial charge in [-0.25, -0.2) is 14.5 Å². The lowest BCUT2D eigenvalue weighted by Gasteiger charge is -2.12. The molecule has 0 aliphatic carbocycles. The van der Waals surface area contributed by atoms with Gasteiger partial charge < -0.3 is 11.1 Å². The van der Waals surface area contributed by atoms with Gasteiger partial charge in [0.15, 0.2) is 5.16 Å². The van der Waals surface area contributed by atoms with Crippen LogP contribution >= 0.6 is 11.8 Å². The zero-order chi connectivity index (χ0) is 23.5. The largest absolute Gasteiger partial charge is 0.368 e. The monoisotopic (exact) mass is 468 g/mol. The van der Waals surface area contributed by atoms with Crippen molar-refractivity contribution in [3.05, 3.63) is 94.7 Å². The predicted octanol–water partition coefficient (Wildman–Crippen LogP) is 3.89. The highest BCUT2D eigenvalue weighted by Crippen LogP contribution is 2.24. The Bertz CT molecular complexity index is 1520. The first-order valence-corrected chi connectivity index (χ1v) is 11.5. The maximum absolute atomic E-state index is 13.4. The highest BCUT2D eigenvalue weighted by molar-refractivity contribution is 7.98. The number of hydrogen-bond donors (Lipinski definition) is 2. The molecule has 0 saturated carbocycles. The van der Waals surface area contributed by atoms with Crippen molar-refractivity contribution >= 4 is 40.2 Å². The molecular formula is C24H20N8OS. The number of fused-ring (bicyclic) bond motifs is 1. The minimum atomic E-state index is -0.189. The van der Waals surface area contributed by atoms with Gasteiger partial charge >= 0.3 is 0 Å². The molecule has 0 atom stereocenters.